The highest BCUT2D eigenvalue weighted by Crippen LogP contribution is 2.44. The van der Waals surface area contributed by atoms with Crippen molar-refractivity contribution in [2.45, 2.75) is 32.8 Å². The summed E-state index contributed by atoms with van der Waals surface area (Å²) in [4.78, 5) is 30.6. The molecule has 0 spiro atoms. The van der Waals surface area contributed by atoms with Gasteiger partial charge in [0.25, 0.3) is 0 Å². The maximum absolute atomic E-state index is 16.4. The number of ether oxygens (including phenoxy) is 3. The van der Waals surface area contributed by atoms with Crippen molar-refractivity contribution in [3.05, 3.63) is 142 Å². The SMILES string of the molecule is COc1ccc(CN(Cc2ccc(OC)cc2)c2cc(C)c(C(F)(F)F)c(-c3c(F)c(N)c(C(=O)O)c(F)c3C=CC(=O)OCc3ccccc3)n2)cc1. The van der Waals surface area contributed by atoms with Crippen LogP contribution in [0.25, 0.3) is 17.3 Å². The van der Waals surface area contributed by atoms with Gasteiger partial charge in [0.05, 0.1) is 31.2 Å². The number of carboxylic acid groups (broad SMARTS) is 1. The minimum absolute atomic E-state index is 0.0694. The average Bonchev–Trinajstić information content (AvgIpc) is 3.14. The monoisotopic (exact) mass is 747 g/mol. The summed E-state index contributed by atoms with van der Waals surface area (Å²) in [6.45, 7) is 1.10. The van der Waals surface area contributed by atoms with Crippen molar-refractivity contribution in [1.82, 2.24) is 4.98 Å². The standard InChI is InChI=1S/C40H34F5N3O6/c1-23-19-30(48(20-24-9-13-27(52-2)14-10-24)21-25-11-15-28(53-3)16-12-25)47-38(34(23)40(43,44)45)32-29(35(41)33(39(50)51)37(46)36(32)42)17-18-31(49)54-22-26-7-5-4-6-8-26/h4-19H,20-22,46H2,1-3H3,(H,50,51). The highest BCUT2D eigenvalue weighted by molar-refractivity contribution is 5.99. The topological polar surface area (TPSA) is 124 Å². The summed E-state index contributed by atoms with van der Waals surface area (Å²) in [5.74, 6) is -5.37. The second kappa shape index (κ2) is 16.5. The number of carboxylic acids is 1. The molecule has 1 aromatic heterocycles. The molecule has 5 rings (SSSR count). The molecule has 14 heteroatoms. The molecule has 0 aliphatic carbocycles. The number of anilines is 2. The molecule has 0 fully saturated rings. The van der Waals surface area contributed by atoms with Crippen molar-refractivity contribution in [2.75, 3.05) is 24.9 Å². The second-order valence-electron chi connectivity index (χ2n) is 12.0. The molecule has 0 saturated carbocycles. The van der Waals surface area contributed by atoms with Gasteiger partial charge in [0.1, 0.15) is 35.3 Å². The van der Waals surface area contributed by atoms with Crippen LogP contribution in [0.5, 0.6) is 11.5 Å². The molecule has 0 radical (unpaired) electrons. The number of methoxy groups -OCH3 is 2. The van der Waals surface area contributed by atoms with Crippen LogP contribution in [0, 0.1) is 18.6 Å². The van der Waals surface area contributed by atoms with Crippen LogP contribution in [0.15, 0.2) is 91.0 Å². The lowest BCUT2D eigenvalue weighted by atomic mass is 9.92. The molecule has 5 aromatic rings. The Hall–Kier alpha value is -6.44. The number of nitrogens with two attached hydrogens (primary N) is 1. The number of aromatic carboxylic acids is 1. The number of hydrogen-bond acceptors (Lipinski definition) is 8. The average molecular weight is 748 g/mol. The number of aryl methyl sites for hydroxylation is 1. The molecule has 9 nitrogen and oxygen atoms in total. The van der Waals surface area contributed by atoms with E-state index >= 15 is 8.78 Å². The first-order valence-electron chi connectivity index (χ1n) is 16.2. The molecule has 0 aliphatic heterocycles. The van der Waals surface area contributed by atoms with Crippen molar-refractivity contribution < 1.29 is 50.9 Å². The van der Waals surface area contributed by atoms with E-state index in [9.17, 15) is 27.9 Å². The van der Waals surface area contributed by atoms with Crippen molar-refractivity contribution in [2.24, 2.45) is 0 Å². The lowest BCUT2D eigenvalue weighted by molar-refractivity contribution is -0.139. The first kappa shape index (κ1) is 38.8. The van der Waals surface area contributed by atoms with Gasteiger partial charge in [-0.1, -0.05) is 54.6 Å². The number of esters is 1. The number of carbonyl (C=O) groups is 2. The maximum Gasteiger partial charge on any atom is 0.418 e. The van der Waals surface area contributed by atoms with E-state index in [1.54, 1.807) is 83.8 Å². The van der Waals surface area contributed by atoms with Crippen molar-refractivity contribution in [3.8, 4) is 22.8 Å². The molecule has 280 valence electrons. The van der Waals surface area contributed by atoms with E-state index in [1.165, 1.54) is 20.3 Å². The fourth-order valence-corrected chi connectivity index (χ4v) is 5.73. The summed E-state index contributed by atoms with van der Waals surface area (Å²) in [6.07, 6.45) is -3.88. The predicted octanol–water partition coefficient (Wildman–Crippen LogP) is 8.62. The largest absolute Gasteiger partial charge is 0.497 e. The van der Waals surface area contributed by atoms with Gasteiger partial charge < -0.3 is 30.0 Å². The second-order valence-corrected chi connectivity index (χ2v) is 12.0. The Bertz CT molecular complexity index is 2130. The molecule has 0 bridgehead atoms. The zero-order chi connectivity index (χ0) is 39.2. The van der Waals surface area contributed by atoms with Crippen molar-refractivity contribution in [1.29, 1.82) is 0 Å². The van der Waals surface area contributed by atoms with E-state index in [0.29, 0.717) is 40.3 Å². The molecule has 1 heterocycles. The Balaban J connectivity index is 1.71. The Morgan fingerprint density at radius 3 is 1.91 bits per heavy atom. The zero-order valence-corrected chi connectivity index (χ0v) is 29.2. The van der Waals surface area contributed by atoms with Gasteiger partial charge in [-0.2, -0.15) is 13.2 Å². The molecular formula is C40H34F5N3O6. The van der Waals surface area contributed by atoms with Gasteiger partial charge in [0.15, 0.2) is 5.82 Å². The lowest BCUT2D eigenvalue weighted by Gasteiger charge is -2.27. The lowest BCUT2D eigenvalue weighted by Crippen LogP contribution is -2.25. The number of pyridine rings is 1. The highest BCUT2D eigenvalue weighted by atomic mass is 19.4. The molecule has 0 aliphatic rings. The summed E-state index contributed by atoms with van der Waals surface area (Å²) >= 11 is 0. The highest BCUT2D eigenvalue weighted by Gasteiger charge is 2.40. The number of halogens is 5. The zero-order valence-electron chi connectivity index (χ0n) is 29.2. The smallest absolute Gasteiger partial charge is 0.418 e. The first-order chi connectivity index (χ1) is 25.7. The Morgan fingerprint density at radius 2 is 1.41 bits per heavy atom. The quantitative estimate of drug-likeness (QED) is 0.0527. The first-order valence-corrected chi connectivity index (χ1v) is 16.2. The van der Waals surface area contributed by atoms with Crippen LogP contribution < -0.4 is 20.1 Å². The van der Waals surface area contributed by atoms with E-state index in [2.05, 4.69) is 4.98 Å². The third-order valence-corrected chi connectivity index (χ3v) is 8.39. The Morgan fingerprint density at radius 1 is 0.852 bits per heavy atom. The molecule has 4 aromatic carbocycles. The van der Waals surface area contributed by atoms with Crippen LogP contribution in [0.1, 0.15) is 43.7 Å². The van der Waals surface area contributed by atoms with Gasteiger partial charge in [0.2, 0.25) is 0 Å². The molecule has 0 unspecified atom stereocenters. The number of benzene rings is 4. The predicted molar refractivity (Wildman–Crippen MR) is 192 cm³/mol. The Labute approximate surface area is 307 Å². The Kier molecular flexibility index (Phi) is 11.8. The number of nitrogens with zero attached hydrogens (tertiary/aromatic N) is 2. The molecule has 3 N–H and O–H groups in total. The van der Waals surface area contributed by atoms with Crippen LogP contribution in [0.4, 0.5) is 33.5 Å². The third kappa shape index (κ3) is 8.77. The molecule has 0 amide bonds. The summed E-state index contributed by atoms with van der Waals surface area (Å²) < 4.78 is 92.8. The van der Waals surface area contributed by atoms with E-state index < -0.39 is 68.9 Å². The number of carbonyl (C=O) groups excluding carboxylic acids is 1. The molecule has 0 saturated heterocycles. The summed E-state index contributed by atoms with van der Waals surface area (Å²) in [7, 11) is 2.99. The van der Waals surface area contributed by atoms with E-state index in [4.69, 9.17) is 19.9 Å². The number of aromatic nitrogens is 1. The van der Waals surface area contributed by atoms with Gasteiger partial charge >= 0.3 is 18.1 Å². The molecule has 0 atom stereocenters. The van der Waals surface area contributed by atoms with Crippen LogP contribution in [0.3, 0.4) is 0 Å². The molecule has 54 heavy (non-hydrogen) atoms. The van der Waals surface area contributed by atoms with E-state index in [1.807, 2.05) is 0 Å². The fraction of sp³-hybridized carbons (Fsp3) is 0.175. The minimum Gasteiger partial charge on any atom is -0.497 e. The van der Waals surface area contributed by atoms with Gasteiger partial charge in [0, 0.05) is 30.3 Å². The normalized spacial score (nSPS) is 11.4. The van der Waals surface area contributed by atoms with Gasteiger partial charge in [-0.15, -0.1) is 0 Å². The minimum atomic E-state index is -5.17. The van der Waals surface area contributed by atoms with Crippen LogP contribution in [0.2, 0.25) is 0 Å². The number of hydrogen-bond donors (Lipinski definition) is 2. The van der Waals surface area contributed by atoms with Crippen LogP contribution in [-0.2, 0) is 35.4 Å². The fourth-order valence-electron chi connectivity index (χ4n) is 5.73. The number of nitrogen functional groups attached to an aromatic ring is 1. The summed E-state index contributed by atoms with van der Waals surface area (Å²) in [6, 6.07) is 23.4. The van der Waals surface area contributed by atoms with Gasteiger partial charge in [-0.25, -0.2) is 23.4 Å². The number of alkyl halides is 3. The van der Waals surface area contributed by atoms with Crippen LogP contribution in [-0.4, -0.2) is 36.2 Å². The summed E-state index contributed by atoms with van der Waals surface area (Å²) in [5, 5.41) is 9.72. The summed E-state index contributed by atoms with van der Waals surface area (Å²) in [5.41, 5.74) is 0.130. The van der Waals surface area contributed by atoms with Gasteiger partial charge in [-0.3, -0.25) is 0 Å². The van der Waals surface area contributed by atoms with Crippen molar-refractivity contribution in [3.63, 3.8) is 0 Å². The van der Waals surface area contributed by atoms with Gasteiger partial charge in [-0.05, 0) is 65.6 Å². The van der Waals surface area contributed by atoms with Crippen LogP contribution >= 0.6 is 0 Å². The maximum atomic E-state index is 16.4. The van der Waals surface area contributed by atoms with E-state index in [-0.39, 0.29) is 25.5 Å². The molecular weight excluding hydrogens is 713 g/mol. The van der Waals surface area contributed by atoms with Crippen molar-refractivity contribution >= 4 is 29.5 Å². The third-order valence-electron chi connectivity index (χ3n) is 8.39. The number of rotatable bonds is 13. The van der Waals surface area contributed by atoms with E-state index in [0.717, 1.165) is 6.92 Å².